The summed E-state index contributed by atoms with van der Waals surface area (Å²) in [5.74, 6) is 63.9. The highest BCUT2D eigenvalue weighted by Crippen LogP contribution is 2.08. The number of terminal acetylenes is 2. The lowest BCUT2D eigenvalue weighted by atomic mass is 8.36. The van der Waals surface area contributed by atoms with Crippen LogP contribution < -0.4 is 0 Å². The normalized spacial score (nSPS) is 6.08. The maximum Gasteiger partial charge on any atom is 0 e. The third-order valence-electron chi connectivity index (χ3n) is 5.64. The molecule has 52 heavy (non-hydrogen) atoms. The molecule has 0 aliphatic heterocycles. The Hall–Kier alpha value is -4.73. The molecule has 0 aromatic heterocycles. The number of hydrogen-bond acceptors (Lipinski definition) is 0. The Balaban J connectivity index is -0.000000000635. The Morgan fingerprint density at radius 1 is 0.269 bits per heavy atom. The van der Waals surface area contributed by atoms with Gasteiger partial charge in [0.25, 0.3) is 0 Å². The smallest absolute Gasteiger partial charge is 0 e. The number of hydrogen-bond donors (Lipinski definition) is 0. The van der Waals surface area contributed by atoms with E-state index in [-0.39, 0.29) is 254 Å². The van der Waals surface area contributed by atoms with Crippen LogP contribution in [0.4, 0.5) is 0 Å². The van der Waals surface area contributed by atoms with Crippen molar-refractivity contribution < 1.29 is 254 Å². The summed E-state index contributed by atoms with van der Waals surface area (Å²) in [5, 5.41) is 0. The molecule has 0 N–H and O–H groups in total. The fraction of sp³-hybridized carbons (Fsp3) is 0.0667. The van der Waals surface area contributed by atoms with Gasteiger partial charge in [-0.05, 0) is 156 Å². The van der Waals surface area contributed by atoms with Gasteiger partial charge in [-0.3, -0.25) is 0 Å². The zero-order valence-electron chi connectivity index (χ0n) is 28.9. The molecular weight excluding hydrogens is 598 g/mol. The first-order valence-corrected chi connectivity index (χ1v) is 14.6. The van der Waals surface area contributed by atoms with Crippen LogP contribution in [-0.4, -0.2) is 157 Å². The van der Waals surface area contributed by atoms with Crippen molar-refractivity contribution in [2.24, 2.45) is 0 Å². The van der Waals surface area contributed by atoms with Crippen LogP contribution in [0, 0.1) is 167 Å². The Morgan fingerprint density at radius 2 is 0.423 bits per heavy atom. The van der Waals surface area contributed by atoms with Crippen LogP contribution >= 0.6 is 0 Å². The molecule has 0 aliphatic carbocycles. The molecule has 0 saturated carbocycles. The van der Waals surface area contributed by atoms with Gasteiger partial charge in [0, 0.05) is 411 Å². The summed E-state index contributed by atoms with van der Waals surface area (Å²) >= 11 is 0. The van der Waals surface area contributed by atoms with E-state index in [1.807, 2.05) is 0 Å². The molecule has 22 heteroatoms. The summed E-state index contributed by atoms with van der Waals surface area (Å²) in [6.07, 6.45) is 1.40. The third kappa shape index (κ3) is 29.0. The van der Waals surface area contributed by atoms with E-state index in [9.17, 15) is 0 Å². The fourth-order valence-corrected chi connectivity index (χ4v) is 3.84. The maximum atomic E-state index is 5.81. The van der Waals surface area contributed by atoms with Crippen molar-refractivity contribution in [1.29, 1.82) is 0 Å². The molecule has 0 aromatic carbocycles. The molecule has 550 valence electrons. The van der Waals surface area contributed by atoms with Gasteiger partial charge in [0.1, 0.15) is 0 Å². The molecule has 0 atom stereocenters. The number of rotatable bonds is 9. The highest BCUT2D eigenvalue weighted by atomic mass is 13.6. The van der Waals surface area contributed by atoms with Gasteiger partial charge >= 0.3 is 0 Å². The van der Waals surface area contributed by atoms with E-state index >= 15 is 0 Å². The summed E-state index contributed by atoms with van der Waals surface area (Å²) in [7, 11) is 69.7. The van der Waals surface area contributed by atoms with Gasteiger partial charge < -0.3 is 0 Å². The average molecular weight is 965 g/mol. The summed E-state index contributed by atoms with van der Waals surface area (Å²) in [6, 6.07) is 0. The first-order valence-electron chi connectivity index (χ1n) is 14.6. The van der Waals surface area contributed by atoms with E-state index in [2.05, 4.69) is 154 Å². The first kappa shape index (κ1) is 51.6. The summed E-state index contributed by atoms with van der Waals surface area (Å²) in [5.41, 5.74) is 0. The minimum absolute atomic E-state index is 0. The Bertz CT molecular complexity index is 2120. The molecule has 24 radical (unpaired) electrons. The van der Waals surface area contributed by atoms with Gasteiger partial charge in [-0.1, -0.05) is 11.8 Å². The third-order valence-corrected chi connectivity index (χ3v) is 5.64. The zero-order chi connectivity index (χ0) is 40.2. The summed E-state index contributed by atoms with van der Waals surface area (Å²) < 4.78 is 0. The van der Waals surface area contributed by atoms with E-state index < -0.39 is 63.9 Å². The molecule has 0 aliphatic rings. The highest BCUT2D eigenvalue weighted by Gasteiger charge is 2.46. The predicted molar refractivity (Wildman–Crippen MR) is 625 cm³/mol. The van der Waals surface area contributed by atoms with Crippen molar-refractivity contribution in [3.05, 3.63) is 0 Å². The van der Waals surface area contributed by atoms with Crippen LogP contribution in [0.5, 0.6) is 0 Å². The minimum atomic E-state index is -0.926. The maximum absolute atomic E-state index is 5.81. The van der Waals surface area contributed by atoms with Crippen molar-refractivity contribution in [1.82, 2.24) is 0 Å². The lowest BCUT2D eigenvalue weighted by Gasteiger charge is -2.45. The topological polar surface area (TPSA) is 0 Å². The Kier molecular flexibility index (Phi) is 35.8. The first-order chi connectivity index (χ1) is 24.8. The Labute approximate surface area is 599 Å². The fourth-order valence-electron chi connectivity index (χ4n) is 3.84. The summed E-state index contributed by atoms with van der Waals surface area (Å²) in [4.78, 5) is 0. The van der Waals surface area contributed by atoms with E-state index in [1.54, 1.807) is 13.8 Å². The van der Waals surface area contributed by atoms with Gasteiger partial charge in [-0.2, -0.15) is 0 Å². The predicted octanol–water partition coefficient (Wildman–Crippen LogP) is 36.7. The quantitative estimate of drug-likeness (QED) is 0.160. The standard InChI is InChI=1S/C19H4.C11H4.B22.178H2/c1-3-5-7-9-11-13-15-17-19-18-16-14-12-10-8-6-4-2;1-3-5-7-9-11-10-8-6-4-2;1-13(2)19(14(3)4)22(20(15(5)6)16(7)8)21(17(9)10)18(11)12;;;;;;;;;;;;;;;;;;;;;;;;;;;;;;;;;;;;;;;;;;;;;;;;;;;;;;;;;;;;;;;;;;;;;;;;;;;;;;;;;;;;;;;;;;;;;;;;;;;;;;;;;;;;;;;;;;;;;;;;;;;;;;;;;;;;;;;;;;;;;;;;;;;;;;;;;;;;;;;;;;;;;;;;;;;;;;;;;;/h1H,2H3;1H,2H3;;178*1H. The van der Waals surface area contributed by atoms with E-state index in [0.717, 1.165) is 0 Å². The van der Waals surface area contributed by atoms with Crippen molar-refractivity contribution in [2.45, 2.75) is 13.8 Å². The second kappa shape index (κ2) is 36.1. The van der Waals surface area contributed by atoms with E-state index in [1.165, 1.54) is 0 Å². The second-order valence-corrected chi connectivity index (χ2v) is 9.31. The Morgan fingerprint density at radius 3 is 0.558 bits per heavy atom. The molecule has 0 nitrogen and oxygen atoms in total. The lowest BCUT2D eigenvalue weighted by molar-refractivity contribution is 1.92. The van der Waals surface area contributed by atoms with Crippen molar-refractivity contribution >= 4 is 157 Å². The molecule has 0 fully saturated rings. The van der Waals surface area contributed by atoms with Crippen molar-refractivity contribution in [2.75, 3.05) is 0 Å². The van der Waals surface area contributed by atoms with E-state index in [4.69, 9.17) is 106 Å². The lowest BCUT2D eigenvalue weighted by Crippen LogP contribution is -2.83. The van der Waals surface area contributed by atoms with Crippen LogP contribution in [0.25, 0.3) is 0 Å². The molecule has 0 unspecified atom stereocenters. The van der Waals surface area contributed by atoms with Gasteiger partial charge in [0.15, 0.2) is 0 Å². The molecule has 0 aromatic rings. The molecule has 0 saturated heterocycles. The molecule has 0 rings (SSSR count). The van der Waals surface area contributed by atoms with Crippen LogP contribution in [0.2, 0.25) is 0 Å². The van der Waals surface area contributed by atoms with Crippen LogP contribution in [-0.2, 0) is 0 Å². The van der Waals surface area contributed by atoms with Crippen LogP contribution in [0.1, 0.15) is 268 Å². The van der Waals surface area contributed by atoms with Crippen molar-refractivity contribution in [3.63, 3.8) is 0 Å². The minimum Gasteiger partial charge on any atom is -0.106 e. The van der Waals surface area contributed by atoms with Gasteiger partial charge in [0.2, 0.25) is 0 Å². The molecule has 0 bridgehead atoms. The molecule has 0 amide bonds. The zero-order valence-corrected chi connectivity index (χ0v) is 28.9. The highest BCUT2D eigenvalue weighted by molar-refractivity contribution is 8.22. The summed E-state index contributed by atoms with van der Waals surface area (Å²) in [6.45, 7) is 3.41. The molecule has 0 spiro atoms. The largest absolute Gasteiger partial charge is 0.106 e. The van der Waals surface area contributed by atoms with Gasteiger partial charge in [0.05, 0.1) is 0 Å². The SMILES string of the molecule is C#CC#CC#CC#CC#CC.C#CC#CC#CC#CC#CC#CC#CC#CC#CC.[B]B([B])B(B([B])[B])B(B(B([B])[B])B([B])[B])B(B([B])[B])B([B])[B].[HH].[HH].[HH].[HH].[HH].[HH].[HH].[HH].[HH].[HH].[HH].[HH].[HH].[HH].[HH].[HH].[HH].[HH].[HH].[HH].[HH].[HH].[HH].[HH].[HH].[HH].[HH].[HH].[HH].[HH].[HH].[HH].[HH].[HH].[HH].[HH].[HH].[HH].[HH].[HH].[HH].[HH].[HH].[HH].[HH].[HH].[HH].[HH].[HH].[HH].[HH].[HH].[HH].[HH].[HH].[HH].[HH].[HH].[HH].[HH].[HH].[HH].[HH].[HH].[HH].[HH].[HH].[HH].[HH].[HH].[HH].[HH].[HH].[HH].[HH].[HH].[HH].[HH].[HH].[HH].[HH].[HH].[HH].[HH].[HH].[HH].[HH].[HH].[HH].[HH].[HH].[HH].[HH].[HH].[HH].[HH].[HH].[HH].[HH].[HH].[HH].[HH].[HH].[HH].[HH].[HH].[HH].[HH].[HH].[HH].[HH].[HH].[HH].[HH].[HH].[HH].[HH].[HH].[HH].[HH].[HH].[HH].[HH].[HH].[HH].[HH].[HH].[HH].[HH].[HH].[HH].[HH].[HH].[HH].[HH].[HH].[HH].[HH].[HH].[HH].[HH].[HH].[HH].[HH].[HH].[HH].[HH].[HH].[HH].[HH].[HH].[HH].[HH].[HH].[HH].[HH].[HH].[HH].[HH].[HH].[HH].[HH].[HH].[HH].[HH].[HH].[HH].[HH].[HH].[HH].[HH].[HH].[HH].[HH].[HH].[HH].[HH].[HH]. The van der Waals surface area contributed by atoms with Crippen LogP contribution in [0.3, 0.4) is 0 Å². The van der Waals surface area contributed by atoms with Gasteiger partial charge in [-0.25, -0.2) is 0 Å². The van der Waals surface area contributed by atoms with E-state index in [0.29, 0.717) is 0 Å². The van der Waals surface area contributed by atoms with Gasteiger partial charge in [-0.15, -0.1) is 12.8 Å². The second-order valence-electron chi connectivity index (χ2n) is 9.31. The average Bonchev–Trinajstić information content (AvgIpc) is 3.06. The van der Waals surface area contributed by atoms with Crippen molar-refractivity contribution in [3.8, 4) is 167 Å². The molecule has 0 heterocycles. The monoisotopic (exact) mass is 969 g/mol. The molecular formula is C30H364B22. The van der Waals surface area contributed by atoms with Crippen LogP contribution in [0.15, 0.2) is 0 Å².